The number of hydrogen-bond acceptors (Lipinski definition) is 0. The van der Waals surface area contributed by atoms with Crippen molar-refractivity contribution in [2.45, 2.75) is 131 Å². The van der Waals surface area contributed by atoms with Gasteiger partial charge in [0.25, 0.3) is 0 Å². The largest absolute Gasteiger partial charge is 0.101 e. The van der Waals surface area contributed by atoms with E-state index < -0.39 is 0 Å². The highest BCUT2D eigenvalue weighted by atomic mass is 31.1. The molecule has 6 unspecified atom stereocenters. The smallest absolute Gasteiger partial charge is 0.0125 e. The van der Waals surface area contributed by atoms with E-state index in [1.165, 1.54) is 57.8 Å². The Kier molecular flexibility index (Phi) is 9.19. The van der Waals surface area contributed by atoms with Gasteiger partial charge in [-0.3, -0.25) is 0 Å². The average molecular weight is 383 g/mol. The second-order valence-electron chi connectivity index (χ2n) is 11.2. The third kappa shape index (κ3) is 6.79. The first-order valence-electron chi connectivity index (χ1n) is 11.7. The van der Waals surface area contributed by atoms with E-state index in [1.54, 1.807) is 0 Å². The summed E-state index contributed by atoms with van der Waals surface area (Å²) in [5.74, 6) is 1.89. The lowest BCUT2D eigenvalue weighted by Gasteiger charge is -2.40. The standard InChI is InChI=1S/C25H51P/c1-11-20(4)18-23(6,7)15-14-22-19-24(22,8)16-17-25(9,13-3)26(10)21(5)12-2/h20-22H,11-19H2,1-10H3. The van der Waals surface area contributed by atoms with E-state index in [4.69, 9.17) is 0 Å². The Labute approximate surface area is 168 Å². The van der Waals surface area contributed by atoms with Crippen LogP contribution in [0.4, 0.5) is 0 Å². The maximum atomic E-state index is 2.60. The van der Waals surface area contributed by atoms with Crippen LogP contribution >= 0.6 is 7.92 Å². The van der Waals surface area contributed by atoms with Crippen molar-refractivity contribution in [1.29, 1.82) is 0 Å². The first-order valence-corrected chi connectivity index (χ1v) is 13.5. The van der Waals surface area contributed by atoms with Gasteiger partial charge in [-0.2, -0.15) is 0 Å². The van der Waals surface area contributed by atoms with E-state index in [9.17, 15) is 0 Å². The van der Waals surface area contributed by atoms with Crippen molar-refractivity contribution in [2.24, 2.45) is 22.7 Å². The van der Waals surface area contributed by atoms with Gasteiger partial charge in [-0.05, 0) is 91.5 Å². The molecule has 1 heteroatoms. The van der Waals surface area contributed by atoms with Crippen LogP contribution in [0.2, 0.25) is 0 Å². The van der Waals surface area contributed by atoms with Crippen LogP contribution < -0.4 is 0 Å². The minimum absolute atomic E-state index is 0.135. The summed E-state index contributed by atoms with van der Waals surface area (Å²) in [6, 6.07) is 0. The normalized spacial score (nSPS) is 29.1. The van der Waals surface area contributed by atoms with Crippen LogP contribution in [-0.2, 0) is 0 Å². The summed E-state index contributed by atoms with van der Waals surface area (Å²) < 4.78 is 0. The molecule has 1 aliphatic rings. The van der Waals surface area contributed by atoms with Gasteiger partial charge in [0.05, 0.1) is 0 Å². The molecule has 1 aliphatic carbocycles. The predicted molar refractivity (Wildman–Crippen MR) is 124 cm³/mol. The molecular formula is C25H51P. The Morgan fingerprint density at radius 2 is 1.65 bits per heavy atom. The summed E-state index contributed by atoms with van der Waals surface area (Å²) in [6.07, 6.45) is 12.8. The van der Waals surface area contributed by atoms with Gasteiger partial charge in [-0.15, -0.1) is 7.92 Å². The van der Waals surface area contributed by atoms with Crippen LogP contribution in [0.1, 0.15) is 120 Å². The van der Waals surface area contributed by atoms with Gasteiger partial charge in [0.1, 0.15) is 0 Å². The monoisotopic (exact) mass is 382 g/mol. The zero-order valence-corrected chi connectivity index (χ0v) is 20.9. The second kappa shape index (κ2) is 9.76. The Balaban J connectivity index is 2.49. The quantitative estimate of drug-likeness (QED) is 0.278. The first-order chi connectivity index (χ1) is 11.9. The van der Waals surface area contributed by atoms with Gasteiger partial charge in [0.2, 0.25) is 0 Å². The Bertz CT molecular complexity index is 414. The van der Waals surface area contributed by atoms with Crippen LogP contribution in [0.3, 0.4) is 0 Å². The summed E-state index contributed by atoms with van der Waals surface area (Å²) >= 11 is 0. The Morgan fingerprint density at radius 3 is 2.15 bits per heavy atom. The minimum atomic E-state index is 0.135. The number of rotatable bonds is 13. The lowest BCUT2D eigenvalue weighted by atomic mass is 9.78. The molecular weight excluding hydrogens is 331 g/mol. The van der Waals surface area contributed by atoms with Crippen LogP contribution in [-0.4, -0.2) is 17.5 Å². The summed E-state index contributed by atoms with van der Waals surface area (Å²) in [5, 5.41) is 0.594. The van der Waals surface area contributed by atoms with Gasteiger partial charge in [-0.25, -0.2) is 0 Å². The third-order valence-corrected chi connectivity index (χ3v) is 12.3. The molecule has 0 nitrogen and oxygen atoms in total. The maximum Gasteiger partial charge on any atom is -0.0125 e. The molecule has 0 heterocycles. The van der Waals surface area contributed by atoms with Crippen molar-refractivity contribution < 1.29 is 0 Å². The lowest BCUT2D eigenvalue weighted by molar-refractivity contribution is 0.236. The molecule has 1 saturated carbocycles. The van der Waals surface area contributed by atoms with E-state index in [0.29, 0.717) is 16.0 Å². The molecule has 1 rings (SSSR count). The van der Waals surface area contributed by atoms with E-state index >= 15 is 0 Å². The average Bonchev–Trinajstić information content (AvgIpc) is 3.26. The molecule has 0 aromatic carbocycles. The summed E-state index contributed by atoms with van der Waals surface area (Å²) in [5.41, 5.74) is 2.11. The zero-order chi connectivity index (χ0) is 20.2. The fourth-order valence-electron chi connectivity index (χ4n) is 4.98. The third-order valence-electron chi connectivity index (χ3n) is 8.41. The van der Waals surface area contributed by atoms with Gasteiger partial charge >= 0.3 is 0 Å². The fraction of sp³-hybridized carbons (Fsp3) is 1.00. The molecule has 156 valence electrons. The predicted octanol–water partition coefficient (Wildman–Crippen LogP) is 9.11. The second-order valence-corrected chi connectivity index (χ2v) is 14.4. The van der Waals surface area contributed by atoms with Crippen molar-refractivity contribution in [3.63, 3.8) is 0 Å². The molecule has 0 spiro atoms. The topological polar surface area (TPSA) is 0 Å². The lowest BCUT2D eigenvalue weighted by Crippen LogP contribution is -2.26. The fourth-order valence-corrected chi connectivity index (χ4v) is 7.55. The highest BCUT2D eigenvalue weighted by Crippen LogP contribution is 2.62. The minimum Gasteiger partial charge on any atom is -0.101 e. The van der Waals surface area contributed by atoms with Crippen LogP contribution in [0, 0.1) is 22.7 Å². The molecule has 6 atom stereocenters. The molecule has 0 N–H and O–H groups in total. The molecule has 0 radical (unpaired) electrons. The molecule has 1 fully saturated rings. The molecule has 0 aromatic rings. The maximum absolute atomic E-state index is 2.60. The van der Waals surface area contributed by atoms with Gasteiger partial charge in [0, 0.05) is 0 Å². The SMILES string of the molecule is CCC(C)CC(C)(C)CCC1CC1(C)CCC(C)(CC)P(C)C(C)CC. The molecule has 26 heavy (non-hydrogen) atoms. The molecule has 0 amide bonds. The van der Waals surface area contributed by atoms with Crippen molar-refractivity contribution in [2.75, 3.05) is 6.66 Å². The molecule has 0 saturated heterocycles. The molecule has 0 bridgehead atoms. The Hall–Kier alpha value is 0.430. The van der Waals surface area contributed by atoms with Gasteiger partial charge < -0.3 is 0 Å². The molecule has 0 aliphatic heterocycles. The van der Waals surface area contributed by atoms with Crippen molar-refractivity contribution in [3.8, 4) is 0 Å². The van der Waals surface area contributed by atoms with E-state index in [0.717, 1.165) is 17.5 Å². The van der Waals surface area contributed by atoms with E-state index in [2.05, 4.69) is 69.0 Å². The highest BCUT2D eigenvalue weighted by molar-refractivity contribution is 7.59. The van der Waals surface area contributed by atoms with Crippen LogP contribution in [0.5, 0.6) is 0 Å². The van der Waals surface area contributed by atoms with Crippen LogP contribution in [0.15, 0.2) is 0 Å². The highest BCUT2D eigenvalue weighted by Gasteiger charge is 2.50. The van der Waals surface area contributed by atoms with E-state index in [1.807, 2.05) is 0 Å². The first kappa shape index (κ1) is 24.5. The summed E-state index contributed by atoms with van der Waals surface area (Å²) in [6.45, 7) is 24.8. The number of hydrogen-bond donors (Lipinski definition) is 0. The van der Waals surface area contributed by atoms with Crippen LogP contribution in [0.25, 0.3) is 0 Å². The van der Waals surface area contributed by atoms with Crippen molar-refractivity contribution >= 4 is 7.92 Å². The molecule has 0 aromatic heterocycles. The van der Waals surface area contributed by atoms with Gasteiger partial charge in [0.15, 0.2) is 0 Å². The zero-order valence-electron chi connectivity index (χ0n) is 20.0. The van der Waals surface area contributed by atoms with Gasteiger partial charge in [-0.1, -0.05) is 68.7 Å². The van der Waals surface area contributed by atoms with Crippen molar-refractivity contribution in [3.05, 3.63) is 0 Å². The summed E-state index contributed by atoms with van der Waals surface area (Å²) in [4.78, 5) is 0. The summed E-state index contributed by atoms with van der Waals surface area (Å²) in [7, 11) is 0.135. The Morgan fingerprint density at radius 1 is 1.04 bits per heavy atom. The van der Waals surface area contributed by atoms with Crippen molar-refractivity contribution in [1.82, 2.24) is 0 Å². The van der Waals surface area contributed by atoms with E-state index in [-0.39, 0.29) is 7.92 Å².